The summed E-state index contributed by atoms with van der Waals surface area (Å²) in [5.74, 6) is 1.73. The highest BCUT2D eigenvalue weighted by Gasteiger charge is 2.01. The minimum absolute atomic E-state index is 0.544. The number of pyridine rings is 2. The summed E-state index contributed by atoms with van der Waals surface area (Å²) >= 11 is 0. The molecule has 0 N–H and O–H groups in total. The molecule has 0 fully saturated rings. The summed E-state index contributed by atoms with van der Waals surface area (Å²) in [4.78, 5) is 8.03. The van der Waals surface area contributed by atoms with Gasteiger partial charge in [0.05, 0.1) is 0 Å². The maximum atomic E-state index is 5.83. The summed E-state index contributed by atoms with van der Waals surface area (Å²) in [6.45, 7) is 1.09. The quantitative estimate of drug-likeness (QED) is 0.419. The van der Waals surface area contributed by atoms with Crippen LogP contribution in [0.15, 0.2) is 97.6 Å². The van der Waals surface area contributed by atoms with Crippen molar-refractivity contribution in [3.05, 3.63) is 120 Å². The summed E-state index contributed by atoms with van der Waals surface area (Å²) < 4.78 is 11.7. The van der Waals surface area contributed by atoms with Crippen molar-refractivity contribution in [2.24, 2.45) is 0 Å². The molecule has 0 saturated carbocycles. The molecule has 0 aliphatic carbocycles. The Balaban J connectivity index is 1.28. The topological polar surface area (TPSA) is 44.2 Å². The number of hydrogen-bond acceptors (Lipinski definition) is 4. The molecule has 0 saturated heterocycles. The van der Waals surface area contributed by atoms with Crippen molar-refractivity contribution in [1.82, 2.24) is 9.97 Å². The number of rotatable bonds is 8. The monoisotopic (exact) mass is 382 g/mol. The van der Waals surface area contributed by atoms with Gasteiger partial charge in [-0.3, -0.25) is 9.97 Å². The van der Waals surface area contributed by atoms with Crippen molar-refractivity contribution >= 4 is 0 Å². The van der Waals surface area contributed by atoms with Crippen LogP contribution in [-0.2, 0) is 19.6 Å². The van der Waals surface area contributed by atoms with E-state index in [1.54, 1.807) is 24.8 Å². The lowest BCUT2D eigenvalue weighted by atomic mass is 10.0. The van der Waals surface area contributed by atoms with Crippen LogP contribution in [0.4, 0.5) is 0 Å². The Hall–Kier alpha value is -3.66. The molecule has 2 aromatic heterocycles. The summed E-state index contributed by atoms with van der Waals surface area (Å²) in [6.07, 6.45) is 7.97. The van der Waals surface area contributed by atoms with Crippen LogP contribution < -0.4 is 9.47 Å². The standard InChI is InChI=1S/C25H22N2O2/c1-5-24(28-18-22-9-13-26-14-10-22)6-2-20(1)17-21-3-7-25(8-4-21)29-19-23-11-15-27-16-12-23/h1-16H,17-19H2. The van der Waals surface area contributed by atoms with E-state index in [1.807, 2.05) is 48.5 Å². The minimum Gasteiger partial charge on any atom is -0.489 e. The van der Waals surface area contributed by atoms with E-state index >= 15 is 0 Å². The van der Waals surface area contributed by atoms with E-state index in [2.05, 4.69) is 34.2 Å². The zero-order chi connectivity index (χ0) is 19.7. The molecule has 0 amide bonds. The van der Waals surface area contributed by atoms with Gasteiger partial charge in [0.2, 0.25) is 0 Å². The highest BCUT2D eigenvalue weighted by molar-refractivity contribution is 5.34. The molecular weight excluding hydrogens is 360 g/mol. The molecular formula is C25H22N2O2. The summed E-state index contributed by atoms with van der Waals surface area (Å²) in [6, 6.07) is 24.3. The van der Waals surface area contributed by atoms with Gasteiger partial charge in [-0.15, -0.1) is 0 Å². The summed E-state index contributed by atoms with van der Waals surface area (Å²) in [5.41, 5.74) is 4.70. The van der Waals surface area contributed by atoms with Gasteiger partial charge in [0.15, 0.2) is 0 Å². The van der Waals surface area contributed by atoms with Gasteiger partial charge < -0.3 is 9.47 Å². The van der Waals surface area contributed by atoms with Crippen molar-refractivity contribution in [2.45, 2.75) is 19.6 Å². The molecule has 4 nitrogen and oxygen atoms in total. The fraction of sp³-hybridized carbons (Fsp3) is 0.120. The average Bonchev–Trinajstić information content (AvgIpc) is 2.80. The fourth-order valence-corrected chi connectivity index (χ4v) is 2.93. The van der Waals surface area contributed by atoms with Crippen LogP contribution >= 0.6 is 0 Å². The molecule has 0 aliphatic heterocycles. The molecule has 0 unspecified atom stereocenters. The molecule has 0 atom stereocenters. The van der Waals surface area contributed by atoms with E-state index in [0.29, 0.717) is 13.2 Å². The molecule has 4 heteroatoms. The Bertz CT molecular complexity index is 917. The van der Waals surface area contributed by atoms with Crippen LogP contribution in [0.5, 0.6) is 11.5 Å². The first-order chi connectivity index (χ1) is 14.3. The van der Waals surface area contributed by atoms with Crippen molar-refractivity contribution in [2.75, 3.05) is 0 Å². The van der Waals surface area contributed by atoms with Crippen molar-refractivity contribution in [3.63, 3.8) is 0 Å². The Morgan fingerprint density at radius 3 is 1.21 bits per heavy atom. The van der Waals surface area contributed by atoms with Gasteiger partial charge in [0.1, 0.15) is 24.7 Å². The van der Waals surface area contributed by atoms with Gasteiger partial charge in [-0.25, -0.2) is 0 Å². The fourth-order valence-electron chi connectivity index (χ4n) is 2.93. The van der Waals surface area contributed by atoms with Gasteiger partial charge >= 0.3 is 0 Å². The lowest BCUT2D eigenvalue weighted by Gasteiger charge is -2.09. The lowest BCUT2D eigenvalue weighted by molar-refractivity contribution is 0.306. The first-order valence-corrected chi connectivity index (χ1v) is 9.56. The molecule has 4 rings (SSSR count). The first kappa shape index (κ1) is 18.7. The second-order valence-corrected chi connectivity index (χ2v) is 6.75. The molecule has 29 heavy (non-hydrogen) atoms. The van der Waals surface area contributed by atoms with E-state index in [4.69, 9.17) is 9.47 Å². The van der Waals surface area contributed by atoms with Gasteiger partial charge in [-0.05, 0) is 77.2 Å². The van der Waals surface area contributed by atoms with Crippen LogP contribution in [0.25, 0.3) is 0 Å². The van der Waals surface area contributed by atoms with E-state index < -0.39 is 0 Å². The van der Waals surface area contributed by atoms with Crippen molar-refractivity contribution in [3.8, 4) is 11.5 Å². The third-order valence-corrected chi connectivity index (χ3v) is 4.56. The average molecular weight is 382 g/mol. The molecule has 2 heterocycles. The SMILES string of the molecule is c1cc(COc2ccc(Cc3ccc(OCc4ccncc4)cc3)cc2)ccn1. The van der Waals surface area contributed by atoms with Crippen molar-refractivity contribution in [1.29, 1.82) is 0 Å². The highest BCUT2D eigenvalue weighted by Crippen LogP contribution is 2.19. The highest BCUT2D eigenvalue weighted by atomic mass is 16.5. The predicted octanol–water partition coefficient (Wildman–Crippen LogP) is 5.23. The Morgan fingerprint density at radius 1 is 0.448 bits per heavy atom. The number of nitrogens with zero attached hydrogens (tertiary/aromatic N) is 2. The van der Waals surface area contributed by atoms with Gasteiger partial charge in [-0.2, -0.15) is 0 Å². The number of ether oxygens (including phenoxy) is 2. The second kappa shape index (κ2) is 9.51. The van der Waals surface area contributed by atoms with E-state index in [9.17, 15) is 0 Å². The van der Waals surface area contributed by atoms with Gasteiger partial charge in [-0.1, -0.05) is 24.3 Å². The molecule has 144 valence electrons. The lowest BCUT2D eigenvalue weighted by Crippen LogP contribution is -1.96. The van der Waals surface area contributed by atoms with Gasteiger partial charge in [0.25, 0.3) is 0 Å². The normalized spacial score (nSPS) is 10.5. The Morgan fingerprint density at radius 2 is 0.828 bits per heavy atom. The second-order valence-electron chi connectivity index (χ2n) is 6.75. The molecule has 0 radical (unpaired) electrons. The third-order valence-electron chi connectivity index (χ3n) is 4.56. The number of hydrogen-bond donors (Lipinski definition) is 0. The minimum atomic E-state index is 0.544. The number of aromatic nitrogens is 2. The van der Waals surface area contributed by atoms with Crippen LogP contribution in [0, 0.1) is 0 Å². The van der Waals surface area contributed by atoms with Gasteiger partial charge in [0, 0.05) is 24.8 Å². The van der Waals surface area contributed by atoms with E-state index in [0.717, 1.165) is 29.0 Å². The summed E-state index contributed by atoms with van der Waals surface area (Å²) in [5, 5.41) is 0. The third kappa shape index (κ3) is 5.66. The summed E-state index contributed by atoms with van der Waals surface area (Å²) in [7, 11) is 0. The largest absolute Gasteiger partial charge is 0.489 e. The molecule has 2 aromatic carbocycles. The molecule has 0 bridgehead atoms. The molecule has 4 aromatic rings. The maximum Gasteiger partial charge on any atom is 0.119 e. The zero-order valence-electron chi connectivity index (χ0n) is 16.1. The Labute approximate surface area is 170 Å². The van der Waals surface area contributed by atoms with Crippen LogP contribution in [0.2, 0.25) is 0 Å². The van der Waals surface area contributed by atoms with Crippen LogP contribution in [-0.4, -0.2) is 9.97 Å². The Kier molecular flexibility index (Phi) is 6.13. The maximum absolute atomic E-state index is 5.83. The zero-order valence-corrected chi connectivity index (χ0v) is 16.1. The van der Waals surface area contributed by atoms with Crippen LogP contribution in [0.1, 0.15) is 22.3 Å². The smallest absolute Gasteiger partial charge is 0.119 e. The first-order valence-electron chi connectivity index (χ1n) is 9.56. The van der Waals surface area contributed by atoms with E-state index in [1.165, 1.54) is 11.1 Å². The van der Waals surface area contributed by atoms with Crippen molar-refractivity contribution < 1.29 is 9.47 Å². The predicted molar refractivity (Wildman–Crippen MR) is 113 cm³/mol. The molecule has 0 spiro atoms. The molecule has 0 aliphatic rings. The van der Waals surface area contributed by atoms with E-state index in [-0.39, 0.29) is 0 Å². The number of benzene rings is 2. The van der Waals surface area contributed by atoms with Crippen LogP contribution in [0.3, 0.4) is 0 Å².